The molecule has 30 heavy (non-hydrogen) atoms. The minimum atomic E-state index is -0.236. The first-order chi connectivity index (χ1) is 14.5. The van der Waals surface area contributed by atoms with Gasteiger partial charge in [0.1, 0.15) is 5.69 Å². The topological polar surface area (TPSA) is 123 Å². The van der Waals surface area contributed by atoms with Gasteiger partial charge in [-0.15, -0.1) is 0 Å². The monoisotopic (exact) mass is 403 g/mol. The number of carbonyl (C=O) groups excluding carboxylic acids is 2. The van der Waals surface area contributed by atoms with Gasteiger partial charge in [0.25, 0.3) is 11.8 Å². The third kappa shape index (κ3) is 2.94. The molecule has 0 aliphatic carbocycles. The molecule has 2 amide bonds. The summed E-state index contributed by atoms with van der Waals surface area (Å²) in [5, 5.41) is 12.9. The molecule has 0 fully saturated rings. The number of allylic oxidation sites excluding steroid dienone is 1. The van der Waals surface area contributed by atoms with Crippen LogP contribution in [0.25, 0.3) is 16.8 Å². The zero-order chi connectivity index (χ0) is 20.8. The second-order valence-corrected chi connectivity index (χ2v) is 7.00. The van der Waals surface area contributed by atoms with E-state index in [0.29, 0.717) is 39.7 Å². The maximum absolute atomic E-state index is 12.6. The lowest BCUT2D eigenvalue weighted by atomic mass is 10.0. The van der Waals surface area contributed by atoms with E-state index in [1.807, 2.05) is 26.2 Å². The number of nitrogens with zero attached hydrogens (tertiary/aromatic N) is 4. The Hall–Kier alpha value is -4.21. The van der Waals surface area contributed by atoms with Crippen molar-refractivity contribution < 1.29 is 14.3 Å². The largest absolute Gasteiger partial charge is 0.481 e. The molecule has 0 atom stereocenters. The van der Waals surface area contributed by atoms with Crippen LogP contribution in [0.15, 0.2) is 42.7 Å². The predicted octanol–water partition coefficient (Wildman–Crippen LogP) is 2.00. The van der Waals surface area contributed by atoms with Gasteiger partial charge in [0.2, 0.25) is 0 Å². The van der Waals surface area contributed by atoms with Gasteiger partial charge in [0.15, 0.2) is 12.4 Å². The summed E-state index contributed by atoms with van der Waals surface area (Å²) in [7, 11) is 1.82. The first-order valence-corrected chi connectivity index (χ1v) is 9.19. The van der Waals surface area contributed by atoms with Crippen molar-refractivity contribution in [3.05, 3.63) is 48.3 Å². The lowest BCUT2D eigenvalue weighted by Gasteiger charge is -2.20. The highest BCUT2D eigenvalue weighted by atomic mass is 16.5. The summed E-state index contributed by atoms with van der Waals surface area (Å²) in [5.41, 5.74) is 5.03. The zero-order valence-electron chi connectivity index (χ0n) is 16.2. The molecule has 10 nitrogen and oxygen atoms in total. The van der Waals surface area contributed by atoms with E-state index in [1.54, 1.807) is 23.3 Å². The number of hydrogen-bond donors (Lipinski definition) is 3. The summed E-state index contributed by atoms with van der Waals surface area (Å²) in [6.07, 6.45) is 8.27. The minimum absolute atomic E-state index is 0.0751. The first kappa shape index (κ1) is 17.9. The van der Waals surface area contributed by atoms with E-state index in [-0.39, 0.29) is 18.4 Å². The van der Waals surface area contributed by atoms with Crippen molar-refractivity contribution in [2.24, 2.45) is 7.05 Å². The standard InChI is InChI=1S/C20H17N7O3/c1-10(24-11-4-23-27(2)8-11)18-12-3-14(22-7-15(12)26-20(18)29)13-5-21-6-16-19(13)30-9-17(28)25-16/h3-8,24H,9H2,1-2H3,(H,25,28)(H,26,29)/b18-10-. The molecule has 5 rings (SSSR count). The van der Waals surface area contributed by atoms with Crippen LogP contribution < -0.4 is 20.7 Å². The van der Waals surface area contributed by atoms with Crippen molar-refractivity contribution in [1.82, 2.24) is 19.7 Å². The molecule has 0 saturated heterocycles. The van der Waals surface area contributed by atoms with Crippen molar-refractivity contribution in [3.8, 4) is 17.0 Å². The van der Waals surface area contributed by atoms with Crippen LogP contribution in [-0.4, -0.2) is 38.2 Å². The molecule has 0 bridgehead atoms. The first-order valence-electron chi connectivity index (χ1n) is 9.19. The number of hydrogen-bond acceptors (Lipinski definition) is 7. The van der Waals surface area contributed by atoms with Gasteiger partial charge in [-0.05, 0) is 13.0 Å². The summed E-state index contributed by atoms with van der Waals surface area (Å²) in [6.45, 7) is 1.76. The van der Waals surface area contributed by atoms with Crippen LogP contribution in [-0.2, 0) is 16.6 Å². The fourth-order valence-corrected chi connectivity index (χ4v) is 3.55. The number of aromatic nitrogens is 4. The Morgan fingerprint density at radius 2 is 2.00 bits per heavy atom. The SMILES string of the molecule is C/C(Nc1cnn(C)c1)=C1/C(=O)Nc2cnc(-c3cncc4c3OCC(=O)N4)cc21. The van der Waals surface area contributed by atoms with Crippen LogP contribution in [0.4, 0.5) is 17.1 Å². The zero-order valence-corrected chi connectivity index (χ0v) is 16.2. The van der Waals surface area contributed by atoms with E-state index in [0.717, 1.165) is 11.3 Å². The molecule has 0 saturated carbocycles. The molecule has 3 N–H and O–H groups in total. The Balaban J connectivity index is 1.57. The number of ether oxygens (including phenoxy) is 1. The Morgan fingerprint density at radius 1 is 1.13 bits per heavy atom. The average molecular weight is 403 g/mol. The normalized spacial score (nSPS) is 16.2. The maximum atomic E-state index is 12.6. The third-order valence-corrected chi connectivity index (χ3v) is 4.85. The van der Waals surface area contributed by atoms with Crippen molar-refractivity contribution in [3.63, 3.8) is 0 Å². The molecule has 0 radical (unpaired) electrons. The van der Waals surface area contributed by atoms with E-state index in [2.05, 4.69) is 31.0 Å². The predicted molar refractivity (Wildman–Crippen MR) is 110 cm³/mol. The number of carbonyl (C=O) groups is 2. The Kier molecular flexibility index (Phi) is 3.98. The molecule has 0 unspecified atom stereocenters. The van der Waals surface area contributed by atoms with E-state index >= 15 is 0 Å². The van der Waals surface area contributed by atoms with Crippen LogP contribution in [0, 0.1) is 0 Å². The highest BCUT2D eigenvalue weighted by Gasteiger charge is 2.29. The Morgan fingerprint density at radius 3 is 2.80 bits per heavy atom. The van der Waals surface area contributed by atoms with Crippen molar-refractivity contribution in [1.29, 1.82) is 0 Å². The fourth-order valence-electron chi connectivity index (χ4n) is 3.55. The van der Waals surface area contributed by atoms with Gasteiger partial charge in [-0.3, -0.25) is 24.2 Å². The smallest absolute Gasteiger partial charge is 0.262 e. The van der Waals surface area contributed by atoms with Gasteiger partial charge < -0.3 is 20.7 Å². The molecule has 0 aromatic carbocycles. The summed E-state index contributed by atoms with van der Waals surface area (Å²) in [5.74, 6) is 0.0557. The summed E-state index contributed by atoms with van der Waals surface area (Å²) in [4.78, 5) is 32.9. The maximum Gasteiger partial charge on any atom is 0.262 e. The quantitative estimate of drug-likeness (QED) is 0.572. The fraction of sp³-hybridized carbons (Fsp3) is 0.150. The van der Waals surface area contributed by atoms with Crippen LogP contribution in [0.3, 0.4) is 0 Å². The van der Waals surface area contributed by atoms with Gasteiger partial charge in [-0.25, -0.2) is 0 Å². The van der Waals surface area contributed by atoms with Gasteiger partial charge >= 0.3 is 0 Å². The Labute approximate surface area is 171 Å². The lowest BCUT2D eigenvalue weighted by Crippen LogP contribution is -2.25. The van der Waals surface area contributed by atoms with Crippen molar-refractivity contribution >= 4 is 34.4 Å². The van der Waals surface area contributed by atoms with Crippen LogP contribution in [0.2, 0.25) is 0 Å². The average Bonchev–Trinajstić information content (AvgIpc) is 3.28. The van der Waals surface area contributed by atoms with Gasteiger partial charge in [-0.2, -0.15) is 5.10 Å². The van der Waals surface area contributed by atoms with Crippen LogP contribution in [0.1, 0.15) is 12.5 Å². The number of fused-ring (bicyclic) bond motifs is 2. The van der Waals surface area contributed by atoms with E-state index in [4.69, 9.17) is 4.74 Å². The number of rotatable bonds is 3. The van der Waals surface area contributed by atoms with E-state index in [9.17, 15) is 9.59 Å². The van der Waals surface area contributed by atoms with Gasteiger partial charge in [0.05, 0.1) is 46.8 Å². The number of aryl methyl sites for hydroxylation is 1. The molecule has 150 valence electrons. The van der Waals surface area contributed by atoms with Crippen molar-refractivity contribution in [2.45, 2.75) is 6.92 Å². The van der Waals surface area contributed by atoms with E-state index < -0.39 is 0 Å². The minimum Gasteiger partial charge on any atom is -0.481 e. The number of anilines is 3. The molecule has 3 aromatic heterocycles. The lowest BCUT2D eigenvalue weighted by molar-refractivity contribution is -0.118. The molecule has 2 aliphatic rings. The molecule has 5 heterocycles. The summed E-state index contributed by atoms with van der Waals surface area (Å²) < 4.78 is 7.29. The molecule has 3 aromatic rings. The van der Waals surface area contributed by atoms with Gasteiger partial charge in [0, 0.05) is 30.7 Å². The molecule has 2 aliphatic heterocycles. The van der Waals surface area contributed by atoms with Gasteiger partial charge in [-0.1, -0.05) is 0 Å². The second kappa shape index (κ2) is 6.69. The Bertz CT molecular complexity index is 1240. The van der Waals surface area contributed by atoms with Crippen LogP contribution in [0.5, 0.6) is 5.75 Å². The van der Waals surface area contributed by atoms with E-state index in [1.165, 1.54) is 6.20 Å². The molecule has 0 spiro atoms. The summed E-state index contributed by atoms with van der Waals surface area (Å²) >= 11 is 0. The summed E-state index contributed by atoms with van der Waals surface area (Å²) in [6, 6.07) is 1.81. The second-order valence-electron chi connectivity index (χ2n) is 7.00. The number of nitrogens with one attached hydrogen (secondary N) is 3. The number of amides is 2. The van der Waals surface area contributed by atoms with Crippen molar-refractivity contribution in [2.75, 3.05) is 22.6 Å². The number of pyridine rings is 2. The molecular formula is C20H17N7O3. The van der Waals surface area contributed by atoms with Crippen LogP contribution >= 0.6 is 0 Å². The molecular weight excluding hydrogens is 386 g/mol. The highest BCUT2D eigenvalue weighted by Crippen LogP contribution is 2.40. The third-order valence-electron chi connectivity index (χ3n) is 4.85. The highest BCUT2D eigenvalue weighted by molar-refractivity contribution is 6.32. The molecule has 10 heteroatoms.